The van der Waals surface area contributed by atoms with Crippen molar-refractivity contribution in [1.82, 2.24) is 0 Å². The topological polar surface area (TPSA) is 35.5 Å². The average Bonchev–Trinajstić information content (AvgIpc) is 2.28. The molecule has 1 unspecified atom stereocenters. The first-order valence-corrected chi connectivity index (χ1v) is 5.03. The molecule has 1 aliphatic rings. The fourth-order valence-corrected chi connectivity index (χ4v) is 1.46. The molecule has 0 fully saturated rings. The van der Waals surface area contributed by atoms with E-state index in [-0.39, 0.29) is 5.78 Å². The summed E-state index contributed by atoms with van der Waals surface area (Å²) in [4.78, 5) is 11.2. The molecule has 3 heteroatoms. The number of carbonyl (C=O) groups is 1. The third-order valence-electron chi connectivity index (χ3n) is 2.34. The third kappa shape index (κ3) is 2.78. The number of carbonyl (C=O) groups excluding carboxylic acids is 1. The Labute approximate surface area is 95.7 Å². The molecule has 86 valence electrons. The monoisotopic (exact) mass is 220 g/mol. The summed E-state index contributed by atoms with van der Waals surface area (Å²) in [6.07, 6.45) is 9.89. The zero-order chi connectivity index (χ0) is 12.0. The van der Waals surface area contributed by atoms with Gasteiger partial charge in [0.1, 0.15) is 0 Å². The number of hydrogen-bond donors (Lipinski definition) is 0. The van der Waals surface area contributed by atoms with Crippen molar-refractivity contribution < 1.29 is 14.3 Å². The average molecular weight is 220 g/mol. The molecule has 0 saturated heterocycles. The Bertz CT molecular complexity index is 363. The van der Waals surface area contributed by atoms with Crippen molar-refractivity contribution >= 4 is 5.78 Å². The number of ether oxygens (including phenoxy) is 2. The Hall–Kier alpha value is -1.45. The quantitative estimate of drug-likeness (QED) is 0.526. The SMILES string of the molecule is C=C/C=C/COC1(OC)C=CC(=O)C=C1C. The standard InChI is InChI=1S/C13H16O3/c1-4-5-6-9-16-13(15-3)8-7-12(14)10-11(13)2/h4-8,10H,1,9H2,2-3H3/b6-5+. The second-order valence-electron chi connectivity index (χ2n) is 3.41. The van der Waals surface area contributed by atoms with Gasteiger partial charge in [0.15, 0.2) is 5.78 Å². The van der Waals surface area contributed by atoms with Crippen LogP contribution in [0.25, 0.3) is 0 Å². The smallest absolute Gasteiger partial charge is 0.211 e. The molecular weight excluding hydrogens is 204 g/mol. The van der Waals surface area contributed by atoms with E-state index in [0.29, 0.717) is 6.61 Å². The van der Waals surface area contributed by atoms with Crippen LogP contribution >= 0.6 is 0 Å². The minimum Gasteiger partial charge on any atom is -0.346 e. The van der Waals surface area contributed by atoms with Gasteiger partial charge < -0.3 is 9.47 Å². The van der Waals surface area contributed by atoms with Gasteiger partial charge in [-0.1, -0.05) is 24.8 Å². The van der Waals surface area contributed by atoms with E-state index in [9.17, 15) is 4.79 Å². The predicted octanol–water partition coefficient (Wildman–Crippen LogP) is 2.17. The van der Waals surface area contributed by atoms with Gasteiger partial charge in [0.25, 0.3) is 0 Å². The lowest BCUT2D eigenvalue weighted by atomic mass is 10.00. The minimum absolute atomic E-state index is 0.0459. The number of hydrogen-bond acceptors (Lipinski definition) is 3. The molecule has 0 spiro atoms. The van der Waals surface area contributed by atoms with E-state index in [0.717, 1.165) is 5.57 Å². The summed E-state index contributed by atoms with van der Waals surface area (Å²) in [5, 5.41) is 0. The molecule has 0 aromatic carbocycles. The van der Waals surface area contributed by atoms with Crippen LogP contribution in [0.15, 0.2) is 48.6 Å². The molecule has 0 N–H and O–H groups in total. The summed E-state index contributed by atoms with van der Waals surface area (Å²) in [6, 6.07) is 0. The van der Waals surface area contributed by atoms with Gasteiger partial charge in [0.2, 0.25) is 5.79 Å². The number of ketones is 1. The molecule has 1 atom stereocenters. The van der Waals surface area contributed by atoms with Crippen LogP contribution in [0.1, 0.15) is 6.92 Å². The lowest BCUT2D eigenvalue weighted by molar-refractivity contribution is -0.155. The summed E-state index contributed by atoms with van der Waals surface area (Å²) < 4.78 is 10.9. The Balaban J connectivity index is 2.74. The van der Waals surface area contributed by atoms with Crippen LogP contribution < -0.4 is 0 Å². The first kappa shape index (κ1) is 12.6. The van der Waals surface area contributed by atoms with Crippen LogP contribution in [0, 0.1) is 0 Å². The van der Waals surface area contributed by atoms with Gasteiger partial charge in [-0.15, -0.1) is 0 Å². The molecule has 1 aliphatic carbocycles. The Morgan fingerprint density at radius 1 is 1.56 bits per heavy atom. The Morgan fingerprint density at radius 2 is 2.31 bits per heavy atom. The molecule has 3 nitrogen and oxygen atoms in total. The Kier molecular flexibility index (Phi) is 4.40. The summed E-state index contributed by atoms with van der Waals surface area (Å²) >= 11 is 0. The van der Waals surface area contributed by atoms with Crippen molar-refractivity contribution in [2.75, 3.05) is 13.7 Å². The summed E-state index contributed by atoms with van der Waals surface area (Å²) in [7, 11) is 1.55. The van der Waals surface area contributed by atoms with E-state index in [1.807, 2.05) is 13.0 Å². The molecule has 0 aromatic heterocycles. The van der Waals surface area contributed by atoms with Crippen LogP contribution in [-0.4, -0.2) is 25.3 Å². The highest BCUT2D eigenvalue weighted by Crippen LogP contribution is 2.27. The number of rotatable bonds is 5. The zero-order valence-electron chi connectivity index (χ0n) is 9.60. The molecule has 16 heavy (non-hydrogen) atoms. The van der Waals surface area contributed by atoms with Gasteiger partial charge in [-0.25, -0.2) is 0 Å². The summed E-state index contributed by atoms with van der Waals surface area (Å²) in [6.45, 7) is 5.76. The summed E-state index contributed by atoms with van der Waals surface area (Å²) in [5.41, 5.74) is 0.745. The Morgan fingerprint density at radius 3 is 2.88 bits per heavy atom. The van der Waals surface area contributed by atoms with E-state index in [4.69, 9.17) is 9.47 Å². The second kappa shape index (κ2) is 5.58. The van der Waals surface area contributed by atoms with Crippen molar-refractivity contribution in [1.29, 1.82) is 0 Å². The lowest BCUT2D eigenvalue weighted by Gasteiger charge is -2.31. The maximum atomic E-state index is 11.2. The predicted molar refractivity (Wildman–Crippen MR) is 62.9 cm³/mol. The van der Waals surface area contributed by atoms with Gasteiger partial charge in [0.05, 0.1) is 6.61 Å². The minimum atomic E-state index is -0.917. The van der Waals surface area contributed by atoms with E-state index < -0.39 is 5.79 Å². The molecule has 0 bridgehead atoms. The normalized spacial score (nSPS) is 24.9. The van der Waals surface area contributed by atoms with Gasteiger partial charge in [0, 0.05) is 7.11 Å². The zero-order valence-corrected chi connectivity index (χ0v) is 9.60. The van der Waals surface area contributed by atoms with Crippen molar-refractivity contribution in [2.24, 2.45) is 0 Å². The third-order valence-corrected chi connectivity index (χ3v) is 2.34. The second-order valence-corrected chi connectivity index (χ2v) is 3.41. The first-order valence-electron chi connectivity index (χ1n) is 5.03. The highest BCUT2D eigenvalue weighted by atomic mass is 16.7. The molecule has 0 radical (unpaired) electrons. The maximum Gasteiger partial charge on any atom is 0.211 e. The molecule has 0 saturated carbocycles. The van der Waals surface area contributed by atoms with Crippen molar-refractivity contribution in [3.8, 4) is 0 Å². The fourth-order valence-electron chi connectivity index (χ4n) is 1.46. The molecule has 0 aliphatic heterocycles. The first-order chi connectivity index (χ1) is 7.64. The number of methoxy groups -OCH3 is 1. The largest absolute Gasteiger partial charge is 0.346 e. The van der Waals surface area contributed by atoms with Crippen LogP contribution in [0.5, 0.6) is 0 Å². The highest BCUT2D eigenvalue weighted by Gasteiger charge is 2.32. The molecule has 0 heterocycles. The van der Waals surface area contributed by atoms with Crippen LogP contribution in [0.3, 0.4) is 0 Å². The van der Waals surface area contributed by atoms with Gasteiger partial charge in [-0.3, -0.25) is 4.79 Å². The molecule has 0 aromatic rings. The molecular formula is C13H16O3. The number of allylic oxidation sites excluding steroid dienone is 4. The fraction of sp³-hybridized carbons (Fsp3) is 0.308. The van der Waals surface area contributed by atoms with Crippen molar-refractivity contribution in [3.05, 3.63) is 48.6 Å². The summed E-state index contributed by atoms with van der Waals surface area (Å²) in [5.74, 6) is -0.963. The lowest BCUT2D eigenvalue weighted by Crippen LogP contribution is -2.36. The van der Waals surface area contributed by atoms with Gasteiger partial charge in [-0.2, -0.15) is 0 Å². The van der Waals surface area contributed by atoms with Crippen LogP contribution in [-0.2, 0) is 14.3 Å². The van der Waals surface area contributed by atoms with Gasteiger partial charge in [-0.05, 0) is 30.7 Å². The highest BCUT2D eigenvalue weighted by molar-refractivity contribution is 6.01. The van der Waals surface area contributed by atoms with E-state index in [1.165, 1.54) is 12.2 Å². The van der Waals surface area contributed by atoms with Gasteiger partial charge >= 0.3 is 0 Å². The van der Waals surface area contributed by atoms with Crippen LogP contribution in [0.2, 0.25) is 0 Å². The van der Waals surface area contributed by atoms with Crippen LogP contribution in [0.4, 0.5) is 0 Å². The van der Waals surface area contributed by atoms with E-state index >= 15 is 0 Å². The maximum absolute atomic E-state index is 11.2. The van der Waals surface area contributed by atoms with Crippen molar-refractivity contribution in [3.63, 3.8) is 0 Å². The van der Waals surface area contributed by atoms with E-state index in [2.05, 4.69) is 6.58 Å². The van der Waals surface area contributed by atoms with E-state index in [1.54, 1.807) is 25.3 Å². The molecule has 0 amide bonds. The van der Waals surface area contributed by atoms with Crippen molar-refractivity contribution in [2.45, 2.75) is 12.7 Å². The molecule has 1 rings (SSSR count).